The van der Waals surface area contributed by atoms with Crippen molar-refractivity contribution in [1.82, 2.24) is 4.98 Å². The highest BCUT2D eigenvalue weighted by atomic mass is 32.1. The lowest BCUT2D eigenvalue weighted by Crippen LogP contribution is -2.29. The number of thiazole rings is 1. The normalized spacial score (nSPS) is 17.0. The van der Waals surface area contributed by atoms with Crippen molar-refractivity contribution in [3.8, 4) is 11.5 Å². The number of halogens is 1. The number of anilines is 1. The summed E-state index contributed by atoms with van der Waals surface area (Å²) >= 11 is 1.10. The van der Waals surface area contributed by atoms with E-state index in [1.165, 1.54) is 30.2 Å². The van der Waals surface area contributed by atoms with Crippen LogP contribution in [-0.2, 0) is 9.59 Å². The molecule has 7 nitrogen and oxygen atoms in total. The van der Waals surface area contributed by atoms with Gasteiger partial charge >= 0.3 is 5.91 Å². The minimum Gasteiger partial charge on any atom is -0.507 e. The molecule has 1 atom stereocenters. The van der Waals surface area contributed by atoms with Gasteiger partial charge in [-0.1, -0.05) is 23.5 Å². The first kappa shape index (κ1) is 24.5. The number of hydrogen-bond acceptors (Lipinski definition) is 7. The van der Waals surface area contributed by atoms with Crippen molar-refractivity contribution in [2.45, 2.75) is 19.9 Å². The molecule has 0 radical (unpaired) electrons. The van der Waals surface area contributed by atoms with Crippen molar-refractivity contribution in [1.29, 1.82) is 0 Å². The number of fused-ring (bicyclic) bond motifs is 1. The van der Waals surface area contributed by atoms with Crippen LogP contribution < -0.4 is 14.4 Å². The molecule has 1 N–H and O–H groups in total. The van der Waals surface area contributed by atoms with Crippen molar-refractivity contribution >= 4 is 44.1 Å². The summed E-state index contributed by atoms with van der Waals surface area (Å²) in [6.45, 7) is 4.20. The highest BCUT2D eigenvalue weighted by Crippen LogP contribution is 2.44. The van der Waals surface area contributed by atoms with Crippen LogP contribution in [0.3, 0.4) is 0 Å². The Hall–Kier alpha value is -4.24. The molecule has 0 spiro atoms. The van der Waals surface area contributed by atoms with E-state index >= 15 is 0 Å². The predicted molar refractivity (Wildman–Crippen MR) is 140 cm³/mol. The van der Waals surface area contributed by atoms with Gasteiger partial charge in [0.1, 0.15) is 23.1 Å². The molecule has 1 aliphatic heterocycles. The highest BCUT2D eigenvalue weighted by molar-refractivity contribution is 7.22. The van der Waals surface area contributed by atoms with Crippen LogP contribution in [0.2, 0.25) is 0 Å². The van der Waals surface area contributed by atoms with Crippen molar-refractivity contribution in [2.75, 3.05) is 18.6 Å². The number of methoxy groups -OCH3 is 1. The van der Waals surface area contributed by atoms with Crippen LogP contribution in [-0.4, -0.2) is 35.5 Å². The zero-order chi connectivity index (χ0) is 26.3. The Labute approximate surface area is 216 Å². The van der Waals surface area contributed by atoms with Gasteiger partial charge in [0.15, 0.2) is 5.13 Å². The summed E-state index contributed by atoms with van der Waals surface area (Å²) in [5.74, 6) is -1.15. The highest BCUT2D eigenvalue weighted by Gasteiger charge is 2.48. The average molecular weight is 519 g/mol. The second kappa shape index (κ2) is 9.67. The maximum absolute atomic E-state index is 13.8. The molecular weight excluding hydrogens is 495 g/mol. The van der Waals surface area contributed by atoms with E-state index in [1.54, 1.807) is 42.5 Å². The molecule has 0 saturated carbocycles. The van der Waals surface area contributed by atoms with Crippen LogP contribution in [0.15, 0.2) is 66.2 Å². The van der Waals surface area contributed by atoms with Gasteiger partial charge in [0.25, 0.3) is 5.78 Å². The molecule has 1 saturated heterocycles. The van der Waals surface area contributed by atoms with Crippen molar-refractivity contribution < 1.29 is 28.6 Å². The Morgan fingerprint density at radius 3 is 2.54 bits per heavy atom. The van der Waals surface area contributed by atoms with Gasteiger partial charge in [0.05, 0.1) is 35.5 Å². The van der Waals surface area contributed by atoms with Crippen molar-refractivity contribution in [3.05, 3.63) is 88.7 Å². The Kier molecular flexibility index (Phi) is 6.39. The molecule has 0 aliphatic carbocycles. The zero-order valence-electron chi connectivity index (χ0n) is 20.3. The number of carbonyl (C=O) groups excluding carboxylic acids is 2. The molecule has 1 amide bonds. The molecule has 188 valence electrons. The zero-order valence-corrected chi connectivity index (χ0v) is 21.1. The fourth-order valence-corrected chi connectivity index (χ4v) is 5.41. The van der Waals surface area contributed by atoms with Crippen molar-refractivity contribution in [3.63, 3.8) is 0 Å². The van der Waals surface area contributed by atoms with E-state index < -0.39 is 23.5 Å². The number of aromatic nitrogens is 1. The van der Waals surface area contributed by atoms with E-state index in [9.17, 15) is 19.1 Å². The molecule has 4 aromatic rings. The van der Waals surface area contributed by atoms with Gasteiger partial charge in [-0.2, -0.15) is 0 Å². The number of nitrogens with zero attached hydrogens (tertiary/aromatic N) is 2. The molecule has 0 bridgehead atoms. The molecule has 1 aliphatic rings. The van der Waals surface area contributed by atoms with Crippen molar-refractivity contribution in [2.24, 2.45) is 0 Å². The third-order valence-electron chi connectivity index (χ3n) is 6.17. The van der Waals surface area contributed by atoms with Crippen LogP contribution in [0.1, 0.15) is 29.7 Å². The molecule has 1 fully saturated rings. The van der Waals surface area contributed by atoms with E-state index in [1.807, 2.05) is 13.8 Å². The van der Waals surface area contributed by atoms with Gasteiger partial charge in [0.2, 0.25) is 0 Å². The number of hydrogen-bond donors (Lipinski definition) is 1. The first-order valence-corrected chi connectivity index (χ1v) is 12.4. The molecule has 1 aromatic heterocycles. The first-order chi connectivity index (χ1) is 17.8. The summed E-state index contributed by atoms with van der Waals surface area (Å²) in [6, 6.07) is 15.1. The quantitative estimate of drug-likeness (QED) is 0.198. The standard InChI is InChI=1S/C28H23FN2O5S/c1-4-36-21-12-7-17(13-15(21)2)25(32)23-24(16-5-9-19(35-3)10-6-16)31(27(34)26(23)33)28-30-20-11-8-18(29)14-22(20)37-28/h5-14,24,32H,4H2,1-3H3/b25-23+. The lowest BCUT2D eigenvalue weighted by molar-refractivity contribution is -0.132. The summed E-state index contributed by atoms with van der Waals surface area (Å²) in [7, 11) is 1.54. The largest absolute Gasteiger partial charge is 0.507 e. The number of aliphatic hydroxyl groups is 1. The molecular formula is C28H23FN2O5S. The van der Waals surface area contributed by atoms with E-state index in [0.29, 0.717) is 39.4 Å². The summed E-state index contributed by atoms with van der Waals surface area (Å²) in [5.41, 5.74) is 2.16. The lowest BCUT2D eigenvalue weighted by Gasteiger charge is -2.23. The number of rotatable bonds is 6. The third-order valence-corrected chi connectivity index (χ3v) is 7.19. The van der Waals surface area contributed by atoms with Gasteiger partial charge in [-0.15, -0.1) is 0 Å². The number of ether oxygens (including phenoxy) is 2. The fourth-order valence-electron chi connectivity index (χ4n) is 4.39. The molecule has 37 heavy (non-hydrogen) atoms. The van der Waals surface area contributed by atoms with Gasteiger partial charge in [-0.05, 0) is 73.5 Å². The lowest BCUT2D eigenvalue weighted by atomic mass is 9.95. The Bertz CT molecular complexity index is 1560. The van der Waals surface area contributed by atoms with E-state index in [0.717, 1.165) is 16.9 Å². The maximum Gasteiger partial charge on any atom is 0.301 e. The van der Waals surface area contributed by atoms with E-state index in [4.69, 9.17) is 9.47 Å². The third kappa shape index (κ3) is 4.31. The van der Waals surface area contributed by atoms with Crippen LogP contribution in [0.25, 0.3) is 16.0 Å². The molecule has 5 rings (SSSR count). The second-order valence-corrected chi connectivity index (χ2v) is 9.47. The molecule has 9 heteroatoms. The second-order valence-electron chi connectivity index (χ2n) is 8.46. The Morgan fingerprint density at radius 2 is 1.86 bits per heavy atom. The number of aryl methyl sites for hydroxylation is 1. The topological polar surface area (TPSA) is 89.0 Å². The minimum absolute atomic E-state index is 0.0656. The van der Waals surface area contributed by atoms with Gasteiger partial charge in [-0.25, -0.2) is 9.37 Å². The number of amides is 1. The first-order valence-electron chi connectivity index (χ1n) is 11.6. The van der Waals surface area contributed by atoms with Gasteiger partial charge < -0.3 is 14.6 Å². The average Bonchev–Trinajstić information content (AvgIpc) is 3.42. The smallest absolute Gasteiger partial charge is 0.301 e. The SMILES string of the molecule is CCOc1ccc(/C(O)=C2\C(=O)C(=O)N(c3nc4ccc(F)cc4s3)C2c2ccc(OC)cc2)cc1C. The summed E-state index contributed by atoms with van der Waals surface area (Å²) in [5, 5.41) is 11.6. The summed E-state index contributed by atoms with van der Waals surface area (Å²) < 4.78 is 25.2. The van der Waals surface area contributed by atoms with Gasteiger partial charge in [0, 0.05) is 5.56 Å². The number of ketones is 1. The van der Waals surface area contributed by atoms with E-state index in [2.05, 4.69) is 4.98 Å². The van der Waals surface area contributed by atoms with Crippen LogP contribution in [0.4, 0.5) is 9.52 Å². The number of aliphatic hydroxyl groups excluding tert-OH is 1. The monoisotopic (exact) mass is 518 g/mol. The Balaban J connectivity index is 1.69. The van der Waals surface area contributed by atoms with E-state index in [-0.39, 0.29) is 16.5 Å². The van der Waals surface area contributed by atoms with Gasteiger partial charge in [-0.3, -0.25) is 14.5 Å². The van der Waals surface area contributed by atoms with Crippen LogP contribution >= 0.6 is 11.3 Å². The number of carbonyl (C=O) groups is 2. The van der Waals surface area contributed by atoms with Crippen LogP contribution in [0, 0.1) is 12.7 Å². The fraction of sp³-hybridized carbons (Fsp3) is 0.179. The molecule has 1 unspecified atom stereocenters. The maximum atomic E-state index is 13.8. The molecule has 2 heterocycles. The number of benzene rings is 3. The number of Topliss-reactive ketones (excluding diaryl/α,β-unsaturated/α-hetero) is 1. The summed E-state index contributed by atoms with van der Waals surface area (Å²) in [6.07, 6.45) is 0. The molecule has 3 aromatic carbocycles. The predicted octanol–water partition coefficient (Wildman–Crippen LogP) is 5.78. The Morgan fingerprint density at radius 1 is 1.11 bits per heavy atom. The van der Waals surface area contributed by atoms with Crippen LogP contribution in [0.5, 0.6) is 11.5 Å². The summed E-state index contributed by atoms with van der Waals surface area (Å²) in [4.78, 5) is 32.5. The minimum atomic E-state index is -0.955.